The summed E-state index contributed by atoms with van der Waals surface area (Å²) in [6.07, 6.45) is 1.23. The smallest absolute Gasteiger partial charge is 0.0218 e. The molecule has 0 aliphatic carbocycles. The van der Waals surface area contributed by atoms with Crippen molar-refractivity contribution in [3.63, 3.8) is 0 Å². The van der Waals surface area contributed by atoms with Gasteiger partial charge in [0.1, 0.15) is 0 Å². The standard InChI is InChI=1S/C11H25N3/c1-5-11-8-14(7-6-13(11)4)10(3)9(2)12/h9-11H,5-8,12H2,1-4H3. The molecule has 84 valence electrons. The third-order valence-corrected chi connectivity index (χ3v) is 3.62. The monoisotopic (exact) mass is 199 g/mol. The minimum absolute atomic E-state index is 0.274. The lowest BCUT2D eigenvalue weighted by Crippen LogP contribution is -2.56. The predicted octanol–water partition coefficient (Wildman–Crippen LogP) is 0.748. The SMILES string of the molecule is CCC1CN(C(C)C(C)N)CCN1C. The molecule has 1 aliphatic rings. The van der Waals surface area contributed by atoms with Crippen molar-refractivity contribution in [2.24, 2.45) is 5.73 Å². The van der Waals surface area contributed by atoms with Gasteiger partial charge in [0.2, 0.25) is 0 Å². The van der Waals surface area contributed by atoms with Crippen molar-refractivity contribution in [3.05, 3.63) is 0 Å². The molecule has 1 heterocycles. The molecule has 0 aromatic carbocycles. The van der Waals surface area contributed by atoms with Crippen LogP contribution in [0.4, 0.5) is 0 Å². The first kappa shape index (κ1) is 12.0. The molecule has 3 heteroatoms. The Morgan fingerprint density at radius 3 is 2.50 bits per heavy atom. The van der Waals surface area contributed by atoms with Gasteiger partial charge in [-0.2, -0.15) is 0 Å². The fourth-order valence-corrected chi connectivity index (χ4v) is 2.11. The molecule has 1 fully saturated rings. The first-order chi connectivity index (χ1) is 6.56. The van der Waals surface area contributed by atoms with E-state index in [9.17, 15) is 0 Å². The highest BCUT2D eigenvalue weighted by Crippen LogP contribution is 2.14. The Labute approximate surface area is 88.2 Å². The van der Waals surface area contributed by atoms with E-state index in [0.29, 0.717) is 12.1 Å². The number of piperazine rings is 1. The normalized spacial score (nSPS) is 30.2. The van der Waals surface area contributed by atoms with Crippen LogP contribution in [-0.2, 0) is 0 Å². The molecular formula is C11H25N3. The second kappa shape index (κ2) is 5.10. The van der Waals surface area contributed by atoms with E-state index in [0.717, 1.165) is 6.54 Å². The van der Waals surface area contributed by atoms with E-state index in [2.05, 4.69) is 37.6 Å². The lowest BCUT2D eigenvalue weighted by atomic mass is 10.1. The van der Waals surface area contributed by atoms with Gasteiger partial charge < -0.3 is 10.6 Å². The molecule has 3 atom stereocenters. The molecule has 0 saturated carbocycles. The molecule has 0 aromatic rings. The molecule has 0 spiro atoms. The fraction of sp³-hybridized carbons (Fsp3) is 1.00. The third-order valence-electron chi connectivity index (χ3n) is 3.62. The first-order valence-corrected chi connectivity index (χ1v) is 5.76. The second-order valence-corrected chi connectivity index (χ2v) is 4.64. The van der Waals surface area contributed by atoms with Gasteiger partial charge in [-0.1, -0.05) is 6.92 Å². The van der Waals surface area contributed by atoms with Crippen LogP contribution in [0.2, 0.25) is 0 Å². The van der Waals surface area contributed by atoms with Crippen LogP contribution in [0.15, 0.2) is 0 Å². The molecular weight excluding hydrogens is 174 g/mol. The van der Waals surface area contributed by atoms with E-state index in [1.165, 1.54) is 19.5 Å². The highest BCUT2D eigenvalue weighted by molar-refractivity contribution is 4.84. The van der Waals surface area contributed by atoms with Crippen LogP contribution in [-0.4, -0.2) is 54.6 Å². The van der Waals surface area contributed by atoms with Gasteiger partial charge in [-0.05, 0) is 27.3 Å². The summed E-state index contributed by atoms with van der Waals surface area (Å²) in [4.78, 5) is 4.99. The molecule has 1 saturated heterocycles. The van der Waals surface area contributed by atoms with Crippen molar-refractivity contribution in [1.82, 2.24) is 9.80 Å². The van der Waals surface area contributed by atoms with Gasteiger partial charge in [0.25, 0.3) is 0 Å². The van der Waals surface area contributed by atoms with Crippen molar-refractivity contribution in [2.45, 2.75) is 45.3 Å². The molecule has 2 N–H and O–H groups in total. The predicted molar refractivity (Wildman–Crippen MR) is 61.4 cm³/mol. The summed E-state index contributed by atoms with van der Waals surface area (Å²) in [5.74, 6) is 0. The van der Waals surface area contributed by atoms with Gasteiger partial charge in [0.15, 0.2) is 0 Å². The zero-order valence-corrected chi connectivity index (χ0v) is 10.0. The molecule has 0 radical (unpaired) electrons. The van der Waals surface area contributed by atoms with E-state index in [4.69, 9.17) is 5.73 Å². The topological polar surface area (TPSA) is 32.5 Å². The van der Waals surface area contributed by atoms with Crippen LogP contribution in [0.25, 0.3) is 0 Å². The lowest BCUT2D eigenvalue weighted by Gasteiger charge is -2.42. The number of hydrogen-bond donors (Lipinski definition) is 1. The van der Waals surface area contributed by atoms with Gasteiger partial charge in [0.05, 0.1) is 0 Å². The van der Waals surface area contributed by atoms with E-state index in [1.807, 2.05) is 0 Å². The minimum atomic E-state index is 0.274. The molecule has 0 aromatic heterocycles. The molecule has 0 bridgehead atoms. The second-order valence-electron chi connectivity index (χ2n) is 4.64. The highest BCUT2D eigenvalue weighted by atomic mass is 15.3. The van der Waals surface area contributed by atoms with Gasteiger partial charge in [-0.3, -0.25) is 4.90 Å². The van der Waals surface area contributed by atoms with Crippen LogP contribution in [0, 0.1) is 0 Å². The summed E-state index contributed by atoms with van der Waals surface area (Å²) in [5.41, 5.74) is 5.93. The maximum Gasteiger partial charge on any atom is 0.0218 e. The number of rotatable bonds is 3. The van der Waals surface area contributed by atoms with Crippen LogP contribution < -0.4 is 5.73 Å². The number of likely N-dealkylation sites (N-methyl/N-ethyl adjacent to an activating group) is 1. The van der Waals surface area contributed by atoms with E-state index in [1.54, 1.807) is 0 Å². The van der Waals surface area contributed by atoms with Crippen LogP contribution in [0.1, 0.15) is 27.2 Å². The summed E-state index contributed by atoms with van der Waals surface area (Å²) in [6, 6.07) is 1.50. The van der Waals surface area contributed by atoms with Crippen LogP contribution >= 0.6 is 0 Å². The van der Waals surface area contributed by atoms with Gasteiger partial charge in [0, 0.05) is 37.8 Å². The summed E-state index contributed by atoms with van der Waals surface area (Å²) in [5, 5.41) is 0. The summed E-state index contributed by atoms with van der Waals surface area (Å²) < 4.78 is 0. The summed E-state index contributed by atoms with van der Waals surface area (Å²) in [6.45, 7) is 10.1. The van der Waals surface area contributed by atoms with Gasteiger partial charge in [-0.25, -0.2) is 0 Å². The van der Waals surface area contributed by atoms with Crippen molar-refractivity contribution in [1.29, 1.82) is 0 Å². The summed E-state index contributed by atoms with van der Waals surface area (Å²) >= 11 is 0. The zero-order valence-electron chi connectivity index (χ0n) is 10.0. The van der Waals surface area contributed by atoms with Crippen LogP contribution in [0.3, 0.4) is 0 Å². The number of nitrogens with zero attached hydrogens (tertiary/aromatic N) is 2. The molecule has 3 nitrogen and oxygen atoms in total. The number of hydrogen-bond acceptors (Lipinski definition) is 3. The lowest BCUT2D eigenvalue weighted by molar-refractivity contribution is 0.0614. The Kier molecular flexibility index (Phi) is 4.35. The quantitative estimate of drug-likeness (QED) is 0.728. The molecule has 3 unspecified atom stereocenters. The Morgan fingerprint density at radius 2 is 2.00 bits per heavy atom. The zero-order chi connectivity index (χ0) is 10.7. The van der Waals surface area contributed by atoms with Gasteiger partial charge >= 0.3 is 0 Å². The Hall–Kier alpha value is -0.120. The van der Waals surface area contributed by atoms with Crippen molar-refractivity contribution >= 4 is 0 Å². The molecule has 14 heavy (non-hydrogen) atoms. The molecule has 1 rings (SSSR count). The van der Waals surface area contributed by atoms with E-state index < -0.39 is 0 Å². The third kappa shape index (κ3) is 2.69. The maximum absolute atomic E-state index is 5.93. The fourth-order valence-electron chi connectivity index (χ4n) is 2.11. The largest absolute Gasteiger partial charge is 0.327 e. The Balaban J connectivity index is 2.49. The van der Waals surface area contributed by atoms with Gasteiger partial charge in [-0.15, -0.1) is 0 Å². The molecule has 1 aliphatic heterocycles. The average molecular weight is 199 g/mol. The number of nitrogens with two attached hydrogens (primary N) is 1. The average Bonchev–Trinajstić information content (AvgIpc) is 2.17. The Morgan fingerprint density at radius 1 is 1.36 bits per heavy atom. The first-order valence-electron chi connectivity index (χ1n) is 5.76. The highest BCUT2D eigenvalue weighted by Gasteiger charge is 2.26. The van der Waals surface area contributed by atoms with Crippen LogP contribution in [0.5, 0.6) is 0 Å². The van der Waals surface area contributed by atoms with Crippen molar-refractivity contribution in [3.8, 4) is 0 Å². The van der Waals surface area contributed by atoms with E-state index >= 15 is 0 Å². The van der Waals surface area contributed by atoms with E-state index in [-0.39, 0.29) is 6.04 Å². The Bertz CT molecular complexity index is 170. The van der Waals surface area contributed by atoms with Crippen molar-refractivity contribution < 1.29 is 0 Å². The van der Waals surface area contributed by atoms with Crippen molar-refractivity contribution in [2.75, 3.05) is 26.7 Å². The minimum Gasteiger partial charge on any atom is -0.327 e. The summed E-state index contributed by atoms with van der Waals surface area (Å²) in [7, 11) is 2.22. The molecule has 0 amide bonds. The maximum atomic E-state index is 5.93.